The highest BCUT2D eigenvalue weighted by molar-refractivity contribution is 7.44. The fourth-order valence-electron chi connectivity index (χ4n) is 2.36. The third-order valence-electron chi connectivity index (χ3n) is 3.56. The normalized spacial score (nSPS) is 12.0. The van der Waals surface area contributed by atoms with Crippen molar-refractivity contribution in [1.29, 1.82) is 5.26 Å². The third kappa shape index (κ3) is 15.1. The Morgan fingerprint density at radius 3 is 2.34 bits per heavy atom. The minimum absolute atomic E-state index is 0.255. The van der Waals surface area contributed by atoms with Crippen LogP contribution in [0.15, 0.2) is 0 Å². The standard InChI is InChI=1S/C20H36N3O5P/c1-6-7-8-9-13-26-20(24)22-12-15-25-16-17-28-29(27-14-10-11-21)23(18(2)3)19(4)5/h1,18-19H,7-10,12-17H2,2-5H3,(H,22,24). The molecule has 1 amide bonds. The number of nitriles is 1. The van der Waals surface area contributed by atoms with Gasteiger partial charge in [-0.15, -0.1) is 12.3 Å². The highest BCUT2D eigenvalue weighted by atomic mass is 31.2. The molecule has 0 aromatic rings. The molecule has 8 nitrogen and oxygen atoms in total. The number of carbonyl (C=O) groups excluding carboxylic acids is 1. The van der Waals surface area contributed by atoms with Crippen LogP contribution in [0, 0.1) is 23.7 Å². The summed E-state index contributed by atoms with van der Waals surface area (Å²) in [5, 5.41) is 11.3. The van der Waals surface area contributed by atoms with Gasteiger partial charge in [0.15, 0.2) is 0 Å². The second-order valence-corrected chi connectivity index (χ2v) is 8.17. The maximum Gasteiger partial charge on any atom is 0.407 e. The van der Waals surface area contributed by atoms with Crippen molar-refractivity contribution >= 4 is 14.6 Å². The van der Waals surface area contributed by atoms with Crippen molar-refractivity contribution < 1.29 is 23.3 Å². The molecule has 0 aromatic heterocycles. The number of terminal acetylenes is 1. The molecule has 1 unspecified atom stereocenters. The molecule has 0 saturated heterocycles. The average Bonchev–Trinajstić information content (AvgIpc) is 2.66. The number of hydrogen-bond acceptors (Lipinski definition) is 7. The van der Waals surface area contributed by atoms with Crippen LogP contribution in [-0.2, 0) is 18.5 Å². The van der Waals surface area contributed by atoms with Crippen molar-refractivity contribution in [3.05, 3.63) is 0 Å². The van der Waals surface area contributed by atoms with Gasteiger partial charge in [0.05, 0.1) is 45.5 Å². The number of amides is 1. The van der Waals surface area contributed by atoms with Crippen LogP contribution in [0.4, 0.5) is 4.79 Å². The molecule has 0 radical (unpaired) electrons. The van der Waals surface area contributed by atoms with Crippen LogP contribution in [0.25, 0.3) is 0 Å². The minimum Gasteiger partial charge on any atom is -0.450 e. The minimum atomic E-state index is -1.26. The summed E-state index contributed by atoms with van der Waals surface area (Å²) in [6.45, 7) is 10.5. The second kappa shape index (κ2) is 18.6. The summed E-state index contributed by atoms with van der Waals surface area (Å²) in [6.07, 6.45) is 7.33. The number of alkyl carbamates (subject to hydrolysis) is 1. The molecule has 0 heterocycles. The van der Waals surface area contributed by atoms with Gasteiger partial charge in [0.2, 0.25) is 0 Å². The predicted octanol–water partition coefficient (Wildman–Crippen LogP) is 3.83. The number of nitrogens with one attached hydrogen (secondary N) is 1. The van der Waals surface area contributed by atoms with Gasteiger partial charge in [-0.2, -0.15) is 5.26 Å². The van der Waals surface area contributed by atoms with Crippen LogP contribution in [-0.4, -0.2) is 62.4 Å². The topological polar surface area (TPSA) is 93.0 Å². The predicted molar refractivity (Wildman–Crippen MR) is 114 cm³/mol. The Bertz CT molecular complexity index is 497. The fraction of sp³-hybridized carbons (Fsp3) is 0.800. The van der Waals surface area contributed by atoms with E-state index in [-0.39, 0.29) is 12.1 Å². The van der Waals surface area contributed by atoms with Crippen molar-refractivity contribution in [2.24, 2.45) is 0 Å². The molecule has 0 fully saturated rings. The molecular formula is C20H36N3O5P. The molecule has 29 heavy (non-hydrogen) atoms. The number of unbranched alkanes of at least 4 members (excludes halogenated alkanes) is 2. The molecule has 0 aliphatic rings. The zero-order chi connectivity index (χ0) is 21.9. The molecular weight excluding hydrogens is 393 g/mol. The monoisotopic (exact) mass is 429 g/mol. The van der Waals surface area contributed by atoms with Gasteiger partial charge in [0, 0.05) is 25.0 Å². The van der Waals surface area contributed by atoms with E-state index in [4.69, 9.17) is 30.2 Å². The lowest BCUT2D eigenvalue weighted by Crippen LogP contribution is -2.34. The largest absolute Gasteiger partial charge is 0.450 e. The molecule has 166 valence electrons. The Hall–Kier alpha value is -1.41. The average molecular weight is 429 g/mol. The molecule has 1 N–H and O–H groups in total. The quantitative estimate of drug-likeness (QED) is 0.213. The number of carbonyl (C=O) groups is 1. The van der Waals surface area contributed by atoms with E-state index in [9.17, 15) is 4.79 Å². The van der Waals surface area contributed by atoms with E-state index in [1.807, 2.05) is 0 Å². The SMILES string of the molecule is C#CCCCCOC(=O)NCCOCCOP(OCCC#N)N(C(C)C)C(C)C. The first-order valence-corrected chi connectivity index (χ1v) is 11.2. The zero-order valence-corrected chi connectivity index (χ0v) is 19.1. The molecule has 0 aliphatic carbocycles. The van der Waals surface area contributed by atoms with Crippen LogP contribution in [0.1, 0.15) is 53.4 Å². The summed E-state index contributed by atoms with van der Waals surface area (Å²) in [7, 11) is -1.26. The molecule has 0 bridgehead atoms. The molecule has 0 saturated carbocycles. The van der Waals surface area contributed by atoms with Gasteiger partial charge in [-0.25, -0.2) is 9.46 Å². The van der Waals surface area contributed by atoms with Crippen molar-refractivity contribution in [3.8, 4) is 18.4 Å². The van der Waals surface area contributed by atoms with Gasteiger partial charge < -0.3 is 23.8 Å². The Kier molecular flexibility index (Phi) is 17.7. The van der Waals surface area contributed by atoms with E-state index in [0.717, 1.165) is 12.8 Å². The van der Waals surface area contributed by atoms with E-state index in [2.05, 4.69) is 49.7 Å². The maximum atomic E-state index is 11.5. The summed E-state index contributed by atoms with van der Waals surface area (Å²) < 4.78 is 24.4. The summed E-state index contributed by atoms with van der Waals surface area (Å²) >= 11 is 0. The van der Waals surface area contributed by atoms with Gasteiger partial charge in [0.25, 0.3) is 8.53 Å². The van der Waals surface area contributed by atoms with E-state index in [0.29, 0.717) is 52.4 Å². The summed E-state index contributed by atoms with van der Waals surface area (Å²) in [4.78, 5) is 11.5. The highest BCUT2D eigenvalue weighted by Crippen LogP contribution is 2.45. The Morgan fingerprint density at radius 1 is 1.03 bits per heavy atom. The first-order chi connectivity index (χ1) is 13.9. The van der Waals surface area contributed by atoms with E-state index >= 15 is 0 Å². The number of hydrogen-bond donors (Lipinski definition) is 1. The van der Waals surface area contributed by atoms with Gasteiger partial charge in [-0.05, 0) is 40.5 Å². The first-order valence-electron chi connectivity index (χ1n) is 10.1. The summed E-state index contributed by atoms with van der Waals surface area (Å²) in [6, 6.07) is 2.59. The van der Waals surface area contributed by atoms with E-state index < -0.39 is 14.6 Å². The Morgan fingerprint density at radius 2 is 1.72 bits per heavy atom. The van der Waals surface area contributed by atoms with Crippen molar-refractivity contribution in [2.45, 2.75) is 65.5 Å². The Labute approximate surface area is 177 Å². The molecule has 0 aliphatic heterocycles. The smallest absolute Gasteiger partial charge is 0.407 e. The molecule has 0 spiro atoms. The lowest BCUT2D eigenvalue weighted by Gasteiger charge is -2.35. The number of rotatable bonds is 17. The molecule has 1 atom stereocenters. The Balaban J connectivity index is 3.98. The van der Waals surface area contributed by atoms with Crippen LogP contribution in [0.2, 0.25) is 0 Å². The number of ether oxygens (including phenoxy) is 2. The number of nitrogens with zero attached hydrogens (tertiary/aromatic N) is 2. The van der Waals surface area contributed by atoms with Crippen LogP contribution >= 0.6 is 8.53 Å². The fourth-order valence-corrected chi connectivity index (χ4v) is 3.93. The molecule has 0 aromatic carbocycles. The molecule has 9 heteroatoms. The van der Waals surface area contributed by atoms with E-state index in [1.54, 1.807) is 0 Å². The lowest BCUT2D eigenvalue weighted by molar-refractivity contribution is 0.0869. The lowest BCUT2D eigenvalue weighted by atomic mass is 10.2. The van der Waals surface area contributed by atoms with E-state index in [1.165, 1.54) is 0 Å². The van der Waals surface area contributed by atoms with Crippen LogP contribution in [0.5, 0.6) is 0 Å². The van der Waals surface area contributed by atoms with Crippen molar-refractivity contribution in [3.63, 3.8) is 0 Å². The van der Waals surface area contributed by atoms with Gasteiger partial charge in [0.1, 0.15) is 0 Å². The first kappa shape index (κ1) is 27.6. The van der Waals surface area contributed by atoms with Gasteiger partial charge in [-0.1, -0.05) is 0 Å². The maximum absolute atomic E-state index is 11.5. The molecule has 0 rings (SSSR count). The highest BCUT2D eigenvalue weighted by Gasteiger charge is 2.26. The van der Waals surface area contributed by atoms with Crippen molar-refractivity contribution in [1.82, 2.24) is 9.99 Å². The van der Waals surface area contributed by atoms with Crippen LogP contribution < -0.4 is 5.32 Å². The van der Waals surface area contributed by atoms with Gasteiger partial charge in [-0.3, -0.25) is 0 Å². The summed E-state index contributed by atoms with van der Waals surface area (Å²) in [5.41, 5.74) is 0. The zero-order valence-electron chi connectivity index (χ0n) is 18.2. The van der Waals surface area contributed by atoms with Crippen LogP contribution in [0.3, 0.4) is 0 Å². The van der Waals surface area contributed by atoms with Gasteiger partial charge >= 0.3 is 6.09 Å². The van der Waals surface area contributed by atoms with Crippen molar-refractivity contribution in [2.75, 3.05) is 39.6 Å². The summed E-state index contributed by atoms with van der Waals surface area (Å²) in [5.74, 6) is 2.55. The third-order valence-corrected chi connectivity index (χ3v) is 5.66. The second-order valence-electron chi connectivity index (χ2n) is 6.72.